The minimum Gasteiger partial charge on any atom is -0.315 e. The van der Waals surface area contributed by atoms with Crippen LogP contribution in [0.25, 0.3) is 0 Å². The topological polar surface area (TPSA) is 44.0 Å². The van der Waals surface area contributed by atoms with Gasteiger partial charge in [0.15, 0.2) is 0 Å². The highest BCUT2D eigenvalue weighted by atomic mass is 16.1. The number of hydrogen-bond donors (Lipinski definition) is 0. The molecule has 0 aromatic carbocycles. The number of aryl methyl sites for hydroxylation is 3. The van der Waals surface area contributed by atoms with Crippen LogP contribution in [-0.4, -0.2) is 9.13 Å². The molecule has 0 bridgehead atoms. The molecule has 1 unspecified atom stereocenters. The molecule has 0 radical (unpaired) electrons. The standard InChI is InChI=1S/C20H28N2O2/c1-5-6-11-22-14-10-18(17(4)20(22)24)15(2)9-13-21-12-7-8-16(3)19(21)23/h7-8,10,12,14-15H,5-6,9,11,13H2,1-4H3. The quantitative estimate of drug-likeness (QED) is 0.779. The predicted molar refractivity (Wildman–Crippen MR) is 98.8 cm³/mol. The van der Waals surface area contributed by atoms with Gasteiger partial charge in [0.05, 0.1) is 0 Å². The molecular formula is C20H28N2O2. The molecule has 0 aliphatic heterocycles. The SMILES string of the molecule is CCCCn1ccc(C(C)CCn2cccc(C)c2=O)c(C)c1=O. The summed E-state index contributed by atoms with van der Waals surface area (Å²) in [5.41, 5.74) is 2.86. The molecule has 0 fully saturated rings. The maximum absolute atomic E-state index is 12.5. The van der Waals surface area contributed by atoms with Crippen molar-refractivity contribution in [2.45, 2.75) is 66.0 Å². The molecule has 1 atom stereocenters. The van der Waals surface area contributed by atoms with Gasteiger partial charge in [-0.05, 0) is 50.3 Å². The molecule has 0 aliphatic carbocycles. The van der Waals surface area contributed by atoms with Crippen molar-refractivity contribution in [3.63, 3.8) is 0 Å². The second-order valence-electron chi connectivity index (χ2n) is 6.63. The van der Waals surface area contributed by atoms with E-state index in [4.69, 9.17) is 0 Å². The van der Waals surface area contributed by atoms with Gasteiger partial charge >= 0.3 is 0 Å². The molecule has 0 spiro atoms. The largest absolute Gasteiger partial charge is 0.315 e. The zero-order valence-corrected chi connectivity index (χ0v) is 15.2. The zero-order chi connectivity index (χ0) is 17.7. The molecule has 2 aromatic rings. The van der Waals surface area contributed by atoms with E-state index in [0.29, 0.717) is 6.54 Å². The van der Waals surface area contributed by atoms with Crippen molar-refractivity contribution in [3.05, 3.63) is 68.0 Å². The molecule has 130 valence electrons. The van der Waals surface area contributed by atoms with E-state index in [1.54, 1.807) is 9.13 Å². The minimum absolute atomic E-state index is 0.0661. The first-order valence-electron chi connectivity index (χ1n) is 8.81. The summed E-state index contributed by atoms with van der Waals surface area (Å²) in [5.74, 6) is 0.242. The Hall–Kier alpha value is -2.10. The van der Waals surface area contributed by atoms with Gasteiger partial charge in [-0.2, -0.15) is 0 Å². The van der Waals surface area contributed by atoms with Crippen molar-refractivity contribution in [2.75, 3.05) is 0 Å². The molecule has 0 N–H and O–H groups in total. The Morgan fingerprint density at radius 3 is 2.42 bits per heavy atom. The van der Waals surface area contributed by atoms with Crippen LogP contribution in [-0.2, 0) is 13.1 Å². The molecule has 0 amide bonds. The summed E-state index contributed by atoms with van der Waals surface area (Å²) in [4.78, 5) is 24.6. The van der Waals surface area contributed by atoms with Gasteiger partial charge in [-0.25, -0.2) is 0 Å². The molecule has 2 aromatic heterocycles. The molecular weight excluding hydrogens is 300 g/mol. The van der Waals surface area contributed by atoms with Gasteiger partial charge in [0.1, 0.15) is 0 Å². The van der Waals surface area contributed by atoms with Crippen molar-refractivity contribution < 1.29 is 0 Å². The Morgan fingerprint density at radius 2 is 1.71 bits per heavy atom. The number of unbranched alkanes of at least 4 members (excludes halogenated alkanes) is 1. The summed E-state index contributed by atoms with van der Waals surface area (Å²) in [6.07, 6.45) is 6.68. The maximum atomic E-state index is 12.5. The molecule has 2 heterocycles. The van der Waals surface area contributed by atoms with Crippen LogP contribution in [0.15, 0.2) is 40.2 Å². The summed E-state index contributed by atoms with van der Waals surface area (Å²) in [6, 6.07) is 5.81. The van der Waals surface area contributed by atoms with E-state index < -0.39 is 0 Å². The zero-order valence-electron chi connectivity index (χ0n) is 15.2. The van der Waals surface area contributed by atoms with Gasteiger partial charge in [-0.15, -0.1) is 0 Å². The average molecular weight is 328 g/mol. The van der Waals surface area contributed by atoms with Gasteiger partial charge in [0, 0.05) is 36.6 Å². The van der Waals surface area contributed by atoms with E-state index in [1.165, 1.54) is 0 Å². The number of aromatic nitrogens is 2. The highest BCUT2D eigenvalue weighted by molar-refractivity contribution is 5.26. The van der Waals surface area contributed by atoms with Crippen LogP contribution in [0, 0.1) is 13.8 Å². The molecule has 4 heteroatoms. The van der Waals surface area contributed by atoms with E-state index >= 15 is 0 Å². The third-order valence-corrected chi connectivity index (χ3v) is 4.75. The highest BCUT2D eigenvalue weighted by Crippen LogP contribution is 2.21. The third-order valence-electron chi connectivity index (χ3n) is 4.75. The van der Waals surface area contributed by atoms with Crippen molar-refractivity contribution in [1.82, 2.24) is 9.13 Å². The van der Waals surface area contributed by atoms with Crippen LogP contribution in [0.4, 0.5) is 0 Å². The van der Waals surface area contributed by atoms with Crippen LogP contribution in [0.5, 0.6) is 0 Å². The Balaban J connectivity index is 2.14. The lowest BCUT2D eigenvalue weighted by Gasteiger charge is -2.17. The molecule has 0 aliphatic rings. The van der Waals surface area contributed by atoms with Crippen molar-refractivity contribution in [3.8, 4) is 0 Å². The fraction of sp³-hybridized carbons (Fsp3) is 0.500. The number of pyridine rings is 2. The molecule has 2 rings (SSSR count). The van der Waals surface area contributed by atoms with Crippen LogP contribution in [0.1, 0.15) is 55.7 Å². The predicted octanol–water partition coefficient (Wildman–Crippen LogP) is 3.62. The molecule has 24 heavy (non-hydrogen) atoms. The molecule has 0 saturated heterocycles. The first-order chi connectivity index (χ1) is 11.5. The number of nitrogens with zero attached hydrogens (tertiary/aromatic N) is 2. The lowest BCUT2D eigenvalue weighted by molar-refractivity contribution is 0.554. The Bertz CT molecular complexity index is 802. The normalized spacial score (nSPS) is 12.3. The highest BCUT2D eigenvalue weighted by Gasteiger charge is 2.13. The summed E-state index contributed by atoms with van der Waals surface area (Å²) in [7, 11) is 0. The van der Waals surface area contributed by atoms with Crippen molar-refractivity contribution in [2.24, 2.45) is 0 Å². The average Bonchev–Trinajstić information content (AvgIpc) is 2.57. The number of rotatable bonds is 7. The molecule has 4 nitrogen and oxygen atoms in total. The Morgan fingerprint density at radius 1 is 1.00 bits per heavy atom. The summed E-state index contributed by atoms with van der Waals surface area (Å²) >= 11 is 0. The van der Waals surface area contributed by atoms with Gasteiger partial charge < -0.3 is 9.13 Å². The van der Waals surface area contributed by atoms with E-state index in [-0.39, 0.29) is 17.0 Å². The fourth-order valence-corrected chi connectivity index (χ4v) is 3.06. The number of hydrogen-bond acceptors (Lipinski definition) is 2. The second-order valence-corrected chi connectivity index (χ2v) is 6.63. The van der Waals surface area contributed by atoms with Crippen molar-refractivity contribution in [1.29, 1.82) is 0 Å². The summed E-state index contributed by atoms with van der Waals surface area (Å²) in [5, 5.41) is 0. The van der Waals surface area contributed by atoms with E-state index in [0.717, 1.165) is 42.5 Å². The smallest absolute Gasteiger partial charge is 0.253 e. The minimum atomic E-state index is 0.0661. The first kappa shape index (κ1) is 18.2. The second kappa shape index (κ2) is 8.13. The van der Waals surface area contributed by atoms with E-state index in [1.807, 2.05) is 38.4 Å². The molecule has 0 saturated carbocycles. The third kappa shape index (κ3) is 4.05. The summed E-state index contributed by atoms with van der Waals surface area (Å²) in [6.45, 7) is 9.45. The monoisotopic (exact) mass is 328 g/mol. The lowest BCUT2D eigenvalue weighted by atomic mass is 9.95. The van der Waals surface area contributed by atoms with Gasteiger partial charge in [-0.1, -0.05) is 26.3 Å². The van der Waals surface area contributed by atoms with Crippen LogP contribution >= 0.6 is 0 Å². The lowest BCUT2D eigenvalue weighted by Crippen LogP contribution is -2.25. The van der Waals surface area contributed by atoms with E-state index in [9.17, 15) is 9.59 Å². The Labute approximate surface area is 143 Å². The first-order valence-corrected chi connectivity index (χ1v) is 8.81. The maximum Gasteiger partial charge on any atom is 0.253 e. The summed E-state index contributed by atoms with van der Waals surface area (Å²) < 4.78 is 3.56. The van der Waals surface area contributed by atoms with Gasteiger partial charge in [0.25, 0.3) is 11.1 Å². The Kier molecular flexibility index (Phi) is 6.18. The van der Waals surface area contributed by atoms with Crippen LogP contribution in [0.2, 0.25) is 0 Å². The van der Waals surface area contributed by atoms with Crippen LogP contribution < -0.4 is 11.1 Å². The van der Waals surface area contributed by atoms with Crippen LogP contribution in [0.3, 0.4) is 0 Å². The van der Waals surface area contributed by atoms with Gasteiger partial charge in [-0.3, -0.25) is 9.59 Å². The van der Waals surface area contributed by atoms with Gasteiger partial charge in [0.2, 0.25) is 0 Å². The fourth-order valence-electron chi connectivity index (χ4n) is 3.06. The van der Waals surface area contributed by atoms with Crippen molar-refractivity contribution >= 4 is 0 Å². The van der Waals surface area contributed by atoms with E-state index in [2.05, 4.69) is 19.9 Å².